The molecule has 1 aliphatic carbocycles. The van der Waals surface area contributed by atoms with Crippen LogP contribution in [-0.2, 0) is 4.74 Å². The summed E-state index contributed by atoms with van der Waals surface area (Å²) in [7, 11) is 0. The van der Waals surface area contributed by atoms with Crippen molar-refractivity contribution in [2.75, 3.05) is 19.7 Å². The van der Waals surface area contributed by atoms with Crippen LogP contribution in [-0.4, -0.2) is 37.4 Å². The van der Waals surface area contributed by atoms with Crippen molar-refractivity contribution in [2.24, 2.45) is 5.92 Å². The minimum Gasteiger partial charge on any atom is -0.375 e. The van der Waals surface area contributed by atoms with Gasteiger partial charge in [0.15, 0.2) is 0 Å². The molecular formula is C16H32N2O. The Morgan fingerprint density at radius 2 is 2.00 bits per heavy atom. The summed E-state index contributed by atoms with van der Waals surface area (Å²) in [5.74, 6) is 0.831. The van der Waals surface area contributed by atoms with Crippen molar-refractivity contribution < 1.29 is 4.74 Å². The second-order valence-corrected chi connectivity index (χ2v) is 6.83. The average molecular weight is 268 g/mol. The van der Waals surface area contributed by atoms with Crippen molar-refractivity contribution in [3.63, 3.8) is 0 Å². The lowest BCUT2D eigenvalue weighted by Gasteiger charge is -2.35. The molecule has 0 radical (unpaired) electrons. The molecule has 0 aromatic rings. The molecule has 1 aliphatic heterocycles. The van der Waals surface area contributed by atoms with Crippen LogP contribution in [0.4, 0.5) is 0 Å². The van der Waals surface area contributed by atoms with E-state index in [1.54, 1.807) is 0 Å². The van der Waals surface area contributed by atoms with Crippen LogP contribution in [0.15, 0.2) is 0 Å². The van der Waals surface area contributed by atoms with Gasteiger partial charge in [0.2, 0.25) is 0 Å². The van der Waals surface area contributed by atoms with Gasteiger partial charge in [-0.05, 0) is 58.9 Å². The number of hydrogen-bond acceptors (Lipinski definition) is 3. The third kappa shape index (κ3) is 4.44. The van der Waals surface area contributed by atoms with E-state index < -0.39 is 0 Å². The molecule has 2 rings (SSSR count). The maximum Gasteiger partial charge on any atom is 0.0750 e. The lowest BCUT2D eigenvalue weighted by Crippen LogP contribution is -2.49. The fourth-order valence-electron chi connectivity index (χ4n) is 3.79. The molecule has 3 atom stereocenters. The third-order valence-corrected chi connectivity index (χ3v) is 4.76. The van der Waals surface area contributed by atoms with Gasteiger partial charge >= 0.3 is 0 Å². The minimum absolute atomic E-state index is 0.0398. The molecule has 2 N–H and O–H groups in total. The zero-order chi connectivity index (χ0) is 13.7. The highest BCUT2D eigenvalue weighted by Gasteiger charge is 2.34. The topological polar surface area (TPSA) is 33.3 Å². The second-order valence-electron chi connectivity index (χ2n) is 6.83. The number of ether oxygens (including phenoxy) is 1. The molecule has 3 unspecified atom stereocenters. The van der Waals surface area contributed by atoms with Gasteiger partial charge in [-0.1, -0.05) is 12.8 Å². The summed E-state index contributed by atoms with van der Waals surface area (Å²) in [5, 5.41) is 7.53. The van der Waals surface area contributed by atoms with E-state index in [4.69, 9.17) is 4.74 Å². The first-order valence-electron chi connectivity index (χ1n) is 8.23. The van der Waals surface area contributed by atoms with Crippen LogP contribution in [0.2, 0.25) is 0 Å². The van der Waals surface area contributed by atoms with E-state index in [1.807, 2.05) is 0 Å². The summed E-state index contributed by atoms with van der Waals surface area (Å²) in [6.45, 7) is 9.44. The van der Waals surface area contributed by atoms with Crippen molar-refractivity contribution in [3.05, 3.63) is 0 Å². The molecule has 0 amide bonds. The Hall–Kier alpha value is -0.120. The quantitative estimate of drug-likeness (QED) is 0.777. The van der Waals surface area contributed by atoms with E-state index in [-0.39, 0.29) is 5.60 Å². The van der Waals surface area contributed by atoms with Crippen LogP contribution >= 0.6 is 0 Å². The van der Waals surface area contributed by atoms with Gasteiger partial charge in [-0.2, -0.15) is 0 Å². The average Bonchev–Trinajstić information content (AvgIpc) is 2.86. The molecule has 1 heterocycles. The van der Waals surface area contributed by atoms with E-state index in [0.717, 1.165) is 25.1 Å². The minimum atomic E-state index is -0.0398. The molecule has 3 nitrogen and oxygen atoms in total. The van der Waals surface area contributed by atoms with Crippen LogP contribution in [0.25, 0.3) is 0 Å². The molecule has 0 aromatic carbocycles. The van der Waals surface area contributed by atoms with E-state index in [9.17, 15) is 0 Å². The summed E-state index contributed by atoms with van der Waals surface area (Å²) >= 11 is 0. The van der Waals surface area contributed by atoms with E-state index in [1.165, 1.54) is 45.1 Å². The van der Waals surface area contributed by atoms with Crippen molar-refractivity contribution in [2.45, 2.75) is 77.0 Å². The van der Waals surface area contributed by atoms with Gasteiger partial charge < -0.3 is 15.4 Å². The first-order chi connectivity index (χ1) is 9.12. The molecule has 3 heteroatoms. The Bertz CT molecular complexity index is 261. The SMILES string of the molecule is CCOC(C)(C)CNC1CCCC1C1CCCCN1. The first kappa shape index (κ1) is 15.3. The molecule has 1 saturated heterocycles. The highest BCUT2D eigenvalue weighted by molar-refractivity contribution is 4.93. The highest BCUT2D eigenvalue weighted by Crippen LogP contribution is 2.32. The van der Waals surface area contributed by atoms with Crippen molar-refractivity contribution >= 4 is 0 Å². The van der Waals surface area contributed by atoms with Crippen LogP contribution in [0.3, 0.4) is 0 Å². The van der Waals surface area contributed by atoms with E-state index in [0.29, 0.717) is 6.04 Å². The lowest BCUT2D eigenvalue weighted by atomic mass is 9.88. The molecule has 0 aromatic heterocycles. The fraction of sp³-hybridized carbons (Fsp3) is 1.00. The Morgan fingerprint density at radius 3 is 2.68 bits per heavy atom. The Kier molecular flexibility index (Phi) is 5.67. The Balaban J connectivity index is 1.81. The predicted molar refractivity (Wildman–Crippen MR) is 80.5 cm³/mol. The molecule has 0 bridgehead atoms. The van der Waals surface area contributed by atoms with Crippen molar-refractivity contribution in [3.8, 4) is 0 Å². The maximum atomic E-state index is 5.79. The number of hydrogen-bond donors (Lipinski definition) is 2. The molecule has 19 heavy (non-hydrogen) atoms. The second kappa shape index (κ2) is 7.05. The zero-order valence-electron chi connectivity index (χ0n) is 13.0. The largest absolute Gasteiger partial charge is 0.375 e. The van der Waals surface area contributed by atoms with Crippen molar-refractivity contribution in [1.29, 1.82) is 0 Å². The number of piperidine rings is 1. The predicted octanol–water partition coefficient (Wildman–Crippen LogP) is 2.70. The Labute approximate surface area is 118 Å². The molecular weight excluding hydrogens is 236 g/mol. The van der Waals surface area contributed by atoms with Gasteiger partial charge in [0.05, 0.1) is 5.60 Å². The summed E-state index contributed by atoms with van der Waals surface area (Å²) in [5.41, 5.74) is -0.0398. The summed E-state index contributed by atoms with van der Waals surface area (Å²) < 4.78 is 5.79. The van der Waals surface area contributed by atoms with E-state index in [2.05, 4.69) is 31.4 Å². The zero-order valence-corrected chi connectivity index (χ0v) is 13.0. The summed E-state index contributed by atoms with van der Waals surface area (Å²) in [6, 6.07) is 1.44. The van der Waals surface area contributed by atoms with E-state index >= 15 is 0 Å². The van der Waals surface area contributed by atoms with Gasteiger partial charge in [-0.25, -0.2) is 0 Å². The number of nitrogens with one attached hydrogen (secondary N) is 2. The molecule has 2 aliphatic rings. The van der Waals surface area contributed by atoms with Gasteiger partial charge in [0.25, 0.3) is 0 Å². The highest BCUT2D eigenvalue weighted by atomic mass is 16.5. The maximum absolute atomic E-state index is 5.79. The number of rotatable bonds is 6. The van der Waals surface area contributed by atoms with Crippen LogP contribution < -0.4 is 10.6 Å². The monoisotopic (exact) mass is 268 g/mol. The first-order valence-corrected chi connectivity index (χ1v) is 8.23. The summed E-state index contributed by atoms with van der Waals surface area (Å²) in [6.07, 6.45) is 8.26. The smallest absolute Gasteiger partial charge is 0.0750 e. The van der Waals surface area contributed by atoms with Crippen LogP contribution in [0, 0.1) is 5.92 Å². The van der Waals surface area contributed by atoms with Gasteiger partial charge in [0.1, 0.15) is 0 Å². The van der Waals surface area contributed by atoms with Crippen molar-refractivity contribution in [1.82, 2.24) is 10.6 Å². The van der Waals surface area contributed by atoms with Gasteiger partial charge in [0, 0.05) is 25.2 Å². The van der Waals surface area contributed by atoms with Crippen LogP contribution in [0.5, 0.6) is 0 Å². The summed E-state index contributed by atoms with van der Waals surface area (Å²) in [4.78, 5) is 0. The van der Waals surface area contributed by atoms with Gasteiger partial charge in [-0.15, -0.1) is 0 Å². The standard InChI is InChI=1S/C16H32N2O/c1-4-19-16(2,3)12-18-15-10-7-8-13(15)14-9-5-6-11-17-14/h13-15,17-18H,4-12H2,1-3H3. The normalized spacial score (nSPS) is 32.7. The molecule has 0 spiro atoms. The fourth-order valence-corrected chi connectivity index (χ4v) is 3.79. The Morgan fingerprint density at radius 1 is 1.16 bits per heavy atom. The molecule has 1 saturated carbocycles. The van der Waals surface area contributed by atoms with Gasteiger partial charge in [-0.3, -0.25) is 0 Å². The van der Waals surface area contributed by atoms with Crippen LogP contribution in [0.1, 0.15) is 59.3 Å². The molecule has 2 fully saturated rings. The molecule has 112 valence electrons. The lowest BCUT2D eigenvalue weighted by molar-refractivity contribution is -0.0118. The third-order valence-electron chi connectivity index (χ3n) is 4.76.